The van der Waals surface area contributed by atoms with Crippen molar-refractivity contribution >= 4 is 6.08 Å². The highest BCUT2D eigenvalue weighted by Crippen LogP contribution is 2.46. The molecule has 0 amide bonds. The second-order valence-electron chi connectivity index (χ2n) is 8.14. The fourth-order valence-corrected chi connectivity index (χ4v) is 4.76. The smallest absolute Gasteiger partial charge is 0.0279 e. The standard InChI is InChI=1S/C25H29/c1-4-25(5-2)16-22-14-21-12-11-20(24(21)15-23(22)17-25)13-18(3)19-9-7-6-8-10-19/h6-12,14-15,18H,4-5,13,16-17H2,1-3H3. The molecule has 0 saturated carbocycles. The van der Waals surface area contributed by atoms with E-state index in [1.165, 1.54) is 48.3 Å². The SMILES string of the molecule is CCC1(CC)Cc2cc3c(cc2C1)[C](CC(C)c1ccccc1)C=C3. The van der Waals surface area contributed by atoms with Gasteiger partial charge in [-0.25, -0.2) is 0 Å². The summed E-state index contributed by atoms with van der Waals surface area (Å²) in [5, 5.41) is 0. The van der Waals surface area contributed by atoms with Gasteiger partial charge in [0.1, 0.15) is 0 Å². The van der Waals surface area contributed by atoms with Crippen LogP contribution in [0.25, 0.3) is 6.08 Å². The third-order valence-corrected chi connectivity index (χ3v) is 6.71. The lowest BCUT2D eigenvalue weighted by molar-refractivity contribution is 0.280. The molecule has 0 heteroatoms. The van der Waals surface area contributed by atoms with Gasteiger partial charge in [0.2, 0.25) is 0 Å². The third-order valence-electron chi connectivity index (χ3n) is 6.71. The molecule has 0 spiro atoms. The molecule has 2 aliphatic rings. The summed E-state index contributed by atoms with van der Waals surface area (Å²) < 4.78 is 0. The molecule has 4 rings (SSSR count). The Hall–Kier alpha value is -1.82. The first kappa shape index (κ1) is 16.6. The van der Waals surface area contributed by atoms with Crippen LogP contribution in [0.1, 0.15) is 73.8 Å². The molecule has 0 aliphatic heterocycles. The molecule has 0 heterocycles. The topological polar surface area (TPSA) is 0 Å². The van der Waals surface area contributed by atoms with Gasteiger partial charge in [0.05, 0.1) is 0 Å². The van der Waals surface area contributed by atoms with Gasteiger partial charge < -0.3 is 0 Å². The van der Waals surface area contributed by atoms with Crippen LogP contribution in [0.4, 0.5) is 0 Å². The molecule has 1 unspecified atom stereocenters. The molecular weight excluding hydrogens is 300 g/mol. The van der Waals surface area contributed by atoms with Crippen molar-refractivity contribution in [2.45, 2.75) is 58.8 Å². The van der Waals surface area contributed by atoms with E-state index in [9.17, 15) is 0 Å². The zero-order valence-corrected chi connectivity index (χ0v) is 15.8. The number of rotatable bonds is 5. The van der Waals surface area contributed by atoms with Gasteiger partial charge >= 0.3 is 0 Å². The lowest BCUT2D eigenvalue weighted by Gasteiger charge is -2.25. The second kappa shape index (κ2) is 6.48. The maximum Gasteiger partial charge on any atom is 0.0279 e. The van der Waals surface area contributed by atoms with Crippen molar-refractivity contribution in [2.24, 2.45) is 5.41 Å². The van der Waals surface area contributed by atoms with E-state index in [4.69, 9.17) is 0 Å². The van der Waals surface area contributed by atoms with E-state index in [1.54, 1.807) is 11.1 Å². The van der Waals surface area contributed by atoms with Crippen molar-refractivity contribution < 1.29 is 0 Å². The molecule has 0 fully saturated rings. The van der Waals surface area contributed by atoms with E-state index in [-0.39, 0.29) is 0 Å². The molecular formula is C25H29. The Balaban J connectivity index is 1.57. The molecule has 0 saturated heterocycles. The van der Waals surface area contributed by atoms with Crippen molar-refractivity contribution in [1.82, 2.24) is 0 Å². The average molecular weight is 330 g/mol. The number of hydrogen-bond acceptors (Lipinski definition) is 0. The van der Waals surface area contributed by atoms with Crippen molar-refractivity contribution in [3.05, 3.63) is 82.3 Å². The predicted octanol–water partition coefficient (Wildman–Crippen LogP) is 6.73. The van der Waals surface area contributed by atoms with Gasteiger partial charge in [-0.15, -0.1) is 0 Å². The number of allylic oxidation sites excluding steroid dienone is 1. The van der Waals surface area contributed by atoms with E-state index >= 15 is 0 Å². The minimum Gasteiger partial charge on any atom is -0.0721 e. The van der Waals surface area contributed by atoms with Crippen LogP contribution in [0.5, 0.6) is 0 Å². The number of hydrogen-bond donors (Lipinski definition) is 0. The Kier molecular flexibility index (Phi) is 4.31. The normalized spacial score (nSPS) is 19.0. The van der Waals surface area contributed by atoms with E-state index < -0.39 is 0 Å². The average Bonchev–Trinajstić information content (AvgIpc) is 3.21. The molecule has 0 nitrogen and oxygen atoms in total. The van der Waals surface area contributed by atoms with Crippen LogP contribution in [-0.4, -0.2) is 0 Å². The molecule has 0 N–H and O–H groups in total. The molecule has 1 atom stereocenters. The van der Waals surface area contributed by atoms with Gasteiger partial charge in [0, 0.05) is 5.92 Å². The largest absolute Gasteiger partial charge is 0.0721 e. The highest BCUT2D eigenvalue weighted by molar-refractivity contribution is 5.71. The molecule has 2 aromatic carbocycles. The lowest BCUT2D eigenvalue weighted by Crippen LogP contribution is -2.18. The molecule has 2 aromatic rings. The van der Waals surface area contributed by atoms with Gasteiger partial charge in [0.25, 0.3) is 0 Å². The van der Waals surface area contributed by atoms with Crippen LogP contribution in [0.15, 0.2) is 48.5 Å². The Morgan fingerprint density at radius 1 is 0.920 bits per heavy atom. The summed E-state index contributed by atoms with van der Waals surface area (Å²) in [6.07, 6.45) is 10.9. The Morgan fingerprint density at radius 3 is 2.28 bits per heavy atom. The molecule has 0 bridgehead atoms. The Bertz CT molecular complexity index is 777. The summed E-state index contributed by atoms with van der Waals surface area (Å²) >= 11 is 0. The van der Waals surface area contributed by atoms with Crippen molar-refractivity contribution in [3.63, 3.8) is 0 Å². The van der Waals surface area contributed by atoms with E-state index in [0.29, 0.717) is 11.3 Å². The van der Waals surface area contributed by atoms with Crippen LogP contribution in [-0.2, 0) is 12.8 Å². The highest BCUT2D eigenvalue weighted by atomic mass is 14.4. The first-order chi connectivity index (χ1) is 12.1. The van der Waals surface area contributed by atoms with Gasteiger partial charge in [-0.2, -0.15) is 0 Å². The Morgan fingerprint density at radius 2 is 1.60 bits per heavy atom. The monoisotopic (exact) mass is 329 g/mol. The molecule has 2 aliphatic carbocycles. The number of benzene rings is 2. The third kappa shape index (κ3) is 2.97. The van der Waals surface area contributed by atoms with Crippen molar-refractivity contribution in [1.29, 1.82) is 0 Å². The first-order valence-electron chi connectivity index (χ1n) is 9.89. The quantitative estimate of drug-likeness (QED) is 0.570. The maximum atomic E-state index is 2.52. The summed E-state index contributed by atoms with van der Waals surface area (Å²) in [5.41, 5.74) is 8.09. The van der Waals surface area contributed by atoms with Crippen LogP contribution < -0.4 is 0 Å². The fourth-order valence-electron chi connectivity index (χ4n) is 4.76. The van der Waals surface area contributed by atoms with Crippen LogP contribution >= 0.6 is 0 Å². The zero-order valence-electron chi connectivity index (χ0n) is 15.8. The van der Waals surface area contributed by atoms with Crippen LogP contribution in [0, 0.1) is 11.3 Å². The van der Waals surface area contributed by atoms with E-state index in [2.05, 4.69) is 75.4 Å². The summed E-state index contributed by atoms with van der Waals surface area (Å²) in [6, 6.07) is 15.9. The molecule has 25 heavy (non-hydrogen) atoms. The van der Waals surface area contributed by atoms with Crippen LogP contribution in [0.3, 0.4) is 0 Å². The highest BCUT2D eigenvalue weighted by Gasteiger charge is 2.35. The van der Waals surface area contributed by atoms with E-state index in [1.807, 2.05) is 0 Å². The summed E-state index contributed by atoms with van der Waals surface area (Å²) in [6.45, 7) is 7.07. The summed E-state index contributed by atoms with van der Waals surface area (Å²) in [7, 11) is 0. The van der Waals surface area contributed by atoms with Gasteiger partial charge in [-0.1, -0.05) is 75.4 Å². The van der Waals surface area contributed by atoms with Crippen molar-refractivity contribution in [3.8, 4) is 0 Å². The first-order valence-corrected chi connectivity index (χ1v) is 9.89. The fraction of sp³-hybridized carbons (Fsp3) is 0.400. The van der Waals surface area contributed by atoms with Crippen LogP contribution in [0.2, 0.25) is 0 Å². The second-order valence-corrected chi connectivity index (χ2v) is 8.14. The summed E-state index contributed by atoms with van der Waals surface area (Å²) in [5.74, 6) is 2.07. The predicted molar refractivity (Wildman–Crippen MR) is 108 cm³/mol. The zero-order chi connectivity index (χ0) is 17.4. The molecule has 1 radical (unpaired) electrons. The lowest BCUT2D eigenvalue weighted by atomic mass is 9.80. The maximum absolute atomic E-state index is 2.52. The minimum atomic E-state index is 0.513. The number of fused-ring (bicyclic) bond motifs is 2. The van der Waals surface area contributed by atoms with Crippen molar-refractivity contribution in [2.75, 3.05) is 0 Å². The summed E-state index contributed by atoms with van der Waals surface area (Å²) in [4.78, 5) is 0. The van der Waals surface area contributed by atoms with Gasteiger partial charge in [-0.05, 0) is 71.3 Å². The van der Waals surface area contributed by atoms with E-state index in [0.717, 1.165) is 6.42 Å². The molecule has 129 valence electrons. The van der Waals surface area contributed by atoms with Gasteiger partial charge in [0.15, 0.2) is 0 Å². The molecule has 0 aromatic heterocycles. The van der Waals surface area contributed by atoms with Gasteiger partial charge in [-0.3, -0.25) is 0 Å². The Labute approximate surface area is 153 Å². The minimum absolute atomic E-state index is 0.513.